The first-order valence-corrected chi connectivity index (χ1v) is 5.48. The maximum absolute atomic E-state index is 12.1. The van der Waals surface area contributed by atoms with E-state index in [0.29, 0.717) is 18.0 Å². The fourth-order valence-electron chi connectivity index (χ4n) is 1.49. The van der Waals surface area contributed by atoms with Gasteiger partial charge in [0, 0.05) is 6.07 Å². The van der Waals surface area contributed by atoms with Gasteiger partial charge in [0.1, 0.15) is 5.82 Å². The zero-order chi connectivity index (χ0) is 14.0. The molecular formula is C11H10F3N3O2. The van der Waals surface area contributed by atoms with Crippen LogP contribution < -0.4 is 4.74 Å². The number of aromatic nitrogens is 3. The van der Waals surface area contributed by atoms with Gasteiger partial charge in [-0.05, 0) is 13.0 Å². The van der Waals surface area contributed by atoms with Crippen molar-refractivity contribution in [1.82, 2.24) is 15.0 Å². The molecule has 8 heteroatoms. The predicted octanol–water partition coefficient (Wildman–Crippen LogP) is 2.03. The monoisotopic (exact) mass is 273 g/mol. The van der Waals surface area contributed by atoms with Crippen LogP contribution in [0.5, 0.6) is 5.88 Å². The number of carbonyl (C=O) groups excluding carboxylic acids is 1. The fourth-order valence-corrected chi connectivity index (χ4v) is 1.49. The summed E-state index contributed by atoms with van der Waals surface area (Å²) in [5, 5.41) is 0. The van der Waals surface area contributed by atoms with Crippen LogP contribution in [0.3, 0.4) is 0 Å². The molecule has 102 valence electrons. The maximum atomic E-state index is 12.1. The lowest BCUT2D eigenvalue weighted by molar-refractivity contribution is -0.170. The number of hydrogen-bond acceptors (Lipinski definition) is 4. The summed E-state index contributed by atoms with van der Waals surface area (Å²) in [5.74, 6) is -1.59. The van der Waals surface area contributed by atoms with Gasteiger partial charge in [0.25, 0.3) is 0 Å². The summed E-state index contributed by atoms with van der Waals surface area (Å²) in [5.41, 5.74) is 0.671. The lowest BCUT2D eigenvalue weighted by atomic mass is 10.3. The zero-order valence-electron chi connectivity index (χ0n) is 9.91. The van der Waals surface area contributed by atoms with Crippen molar-refractivity contribution >= 4 is 16.9 Å². The first-order valence-electron chi connectivity index (χ1n) is 5.48. The van der Waals surface area contributed by atoms with E-state index in [2.05, 4.69) is 15.0 Å². The standard InChI is InChI=1S/C11H10F3N3O2/c1-2-19-9-4-3-6-10(17-9)16-8(15-6)5-7(18)11(12,13)14/h3-4H,2,5H2,1H3,(H,15,16,17). The van der Waals surface area contributed by atoms with Gasteiger partial charge in [0.15, 0.2) is 5.65 Å². The lowest BCUT2D eigenvalue weighted by Gasteiger charge is -2.01. The smallest absolute Gasteiger partial charge is 0.450 e. The van der Waals surface area contributed by atoms with Gasteiger partial charge in [-0.1, -0.05) is 0 Å². The predicted molar refractivity (Wildman–Crippen MR) is 59.8 cm³/mol. The van der Waals surface area contributed by atoms with Crippen LogP contribution in [0.4, 0.5) is 13.2 Å². The molecule has 1 N–H and O–H groups in total. The Balaban J connectivity index is 2.24. The number of carbonyl (C=O) groups is 1. The summed E-state index contributed by atoms with van der Waals surface area (Å²) in [6.07, 6.45) is -5.69. The molecule has 0 aliphatic rings. The number of pyridine rings is 1. The number of nitrogens with zero attached hydrogens (tertiary/aromatic N) is 2. The van der Waals surface area contributed by atoms with Crippen molar-refractivity contribution in [3.8, 4) is 5.88 Å². The van der Waals surface area contributed by atoms with Crippen molar-refractivity contribution in [2.75, 3.05) is 6.61 Å². The molecule has 0 fully saturated rings. The summed E-state index contributed by atoms with van der Waals surface area (Å²) in [4.78, 5) is 21.3. The second kappa shape index (κ2) is 4.87. The summed E-state index contributed by atoms with van der Waals surface area (Å²) in [6.45, 7) is 2.20. The van der Waals surface area contributed by atoms with Gasteiger partial charge in [0.2, 0.25) is 11.7 Å². The largest absolute Gasteiger partial charge is 0.478 e. The number of rotatable bonds is 4. The second-order valence-corrected chi connectivity index (χ2v) is 3.73. The third-order valence-corrected chi connectivity index (χ3v) is 2.31. The van der Waals surface area contributed by atoms with Gasteiger partial charge in [-0.2, -0.15) is 18.2 Å². The minimum Gasteiger partial charge on any atom is -0.478 e. The topological polar surface area (TPSA) is 67.9 Å². The number of hydrogen-bond donors (Lipinski definition) is 1. The SMILES string of the molecule is CCOc1ccc2[nH]c(CC(=O)C(F)(F)F)nc2n1. The van der Waals surface area contributed by atoms with Crippen molar-refractivity contribution < 1.29 is 22.7 Å². The molecule has 2 heterocycles. The lowest BCUT2D eigenvalue weighted by Crippen LogP contribution is -2.24. The second-order valence-electron chi connectivity index (χ2n) is 3.73. The van der Waals surface area contributed by atoms with Gasteiger partial charge < -0.3 is 9.72 Å². The third kappa shape index (κ3) is 3.01. The third-order valence-electron chi connectivity index (χ3n) is 2.31. The van der Waals surface area contributed by atoms with Gasteiger partial charge in [-0.15, -0.1) is 0 Å². The van der Waals surface area contributed by atoms with E-state index < -0.39 is 18.4 Å². The molecule has 0 aliphatic heterocycles. The van der Waals surface area contributed by atoms with Crippen molar-refractivity contribution in [2.24, 2.45) is 0 Å². The van der Waals surface area contributed by atoms with Crippen LogP contribution in [-0.4, -0.2) is 33.5 Å². The molecule has 5 nitrogen and oxygen atoms in total. The molecule has 0 bridgehead atoms. The highest BCUT2D eigenvalue weighted by atomic mass is 19.4. The quantitative estimate of drug-likeness (QED) is 0.925. The van der Waals surface area contributed by atoms with Crippen LogP contribution in [0.25, 0.3) is 11.2 Å². The van der Waals surface area contributed by atoms with Crippen LogP contribution in [0, 0.1) is 0 Å². The van der Waals surface area contributed by atoms with Crippen molar-refractivity contribution in [3.63, 3.8) is 0 Å². The molecule has 2 aromatic heterocycles. The number of halogens is 3. The molecule has 0 atom stereocenters. The van der Waals surface area contributed by atoms with Gasteiger partial charge in [-0.25, -0.2) is 4.98 Å². The van der Waals surface area contributed by atoms with E-state index in [-0.39, 0.29) is 11.5 Å². The Morgan fingerprint density at radius 1 is 1.37 bits per heavy atom. The zero-order valence-corrected chi connectivity index (χ0v) is 9.91. The Morgan fingerprint density at radius 2 is 2.11 bits per heavy atom. The molecule has 2 aromatic rings. The van der Waals surface area contributed by atoms with Crippen LogP contribution in [0.1, 0.15) is 12.7 Å². The van der Waals surface area contributed by atoms with Gasteiger partial charge >= 0.3 is 6.18 Å². The summed E-state index contributed by atoms with van der Waals surface area (Å²) in [7, 11) is 0. The van der Waals surface area contributed by atoms with Crippen LogP contribution in [0.15, 0.2) is 12.1 Å². The molecule has 0 saturated carbocycles. The molecular weight excluding hydrogens is 263 g/mol. The Kier molecular flexibility index (Phi) is 3.41. The highest BCUT2D eigenvalue weighted by Crippen LogP contribution is 2.19. The summed E-state index contributed by atoms with van der Waals surface area (Å²) in [6, 6.07) is 3.15. The van der Waals surface area contributed by atoms with Crippen molar-refractivity contribution in [3.05, 3.63) is 18.0 Å². The van der Waals surface area contributed by atoms with E-state index in [9.17, 15) is 18.0 Å². The van der Waals surface area contributed by atoms with Gasteiger partial charge in [0.05, 0.1) is 18.5 Å². The fraction of sp³-hybridized carbons (Fsp3) is 0.364. The first-order chi connectivity index (χ1) is 8.90. The van der Waals surface area contributed by atoms with E-state index in [1.165, 1.54) is 0 Å². The van der Waals surface area contributed by atoms with E-state index >= 15 is 0 Å². The van der Waals surface area contributed by atoms with E-state index in [4.69, 9.17) is 4.74 Å². The van der Waals surface area contributed by atoms with Crippen molar-refractivity contribution in [2.45, 2.75) is 19.5 Å². The molecule has 0 amide bonds. The molecule has 0 aliphatic carbocycles. The Labute approximate surface area is 105 Å². The number of nitrogens with one attached hydrogen (secondary N) is 1. The number of ketones is 1. The highest BCUT2D eigenvalue weighted by molar-refractivity contribution is 5.86. The Morgan fingerprint density at radius 3 is 2.74 bits per heavy atom. The van der Waals surface area contributed by atoms with Gasteiger partial charge in [-0.3, -0.25) is 4.79 Å². The number of H-pyrrole nitrogens is 1. The normalized spacial score (nSPS) is 11.8. The number of Topliss-reactive ketones (excluding diaryl/α,β-unsaturated/α-hetero) is 1. The minimum atomic E-state index is -4.86. The van der Waals surface area contributed by atoms with E-state index in [1.54, 1.807) is 19.1 Å². The number of imidazole rings is 1. The Hall–Kier alpha value is -2.12. The molecule has 0 spiro atoms. The van der Waals surface area contributed by atoms with Crippen molar-refractivity contribution in [1.29, 1.82) is 0 Å². The average molecular weight is 273 g/mol. The molecule has 2 rings (SSSR count). The summed E-state index contributed by atoms with van der Waals surface area (Å²) >= 11 is 0. The molecule has 0 unspecified atom stereocenters. The average Bonchev–Trinajstić information content (AvgIpc) is 2.69. The molecule has 0 saturated heterocycles. The van der Waals surface area contributed by atoms with Crippen LogP contribution in [-0.2, 0) is 11.2 Å². The molecule has 0 radical (unpaired) electrons. The van der Waals surface area contributed by atoms with E-state index in [0.717, 1.165) is 0 Å². The highest BCUT2D eigenvalue weighted by Gasteiger charge is 2.38. The minimum absolute atomic E-state index is 0.0709. The molecule has 0 aromatic carbocycles. The van der Waals surface area contributed by atoms with E-state index in [1.807, 2.05) is 0 Å². The number of alkyl halides is 3. The number of aromatic amines is 1. The molecule has 19 heavy (non-hydrogen) atoms. The maximum Gasteiger partial charge on any atom is 0.450 e. The Bertz CT molecular complexity index is 607. The first kappa shape index (κ1) is 13.3. The number of fused-ring (bicyclic) bond motifs is 1. The van der Waals surface area contributed by atoms with Crippen LogP contribution >= 0.6 is 0 Å². The van der Waals surface area contributed by atoms with Crippen LogP contribution in [0.2, 0.25) is 0 Å². The summed E-state index contributed by atoms with van der Waals surface area (Å²) < 4.78 is 41.5. The number of ether oxygens (including phenoxy) is 1.